The predicted molar refractivity (Wildman–Crippen MR) is 98.1 cm³/mol. The number of para-hydroxylation sites is 1. The number of fused-ring (bicyclic) bond motifs is 1. The van der Waals surface area contributed by atoms with Gasteiger partial charge in [0.05, 0.1) is 5.52 Å². The number of pyridine rings is 1. The maximum absolute atomic E-state index is 13.2. The quantitative estimate of drug-likeness (QED) is 0.891. The molecule has 0 amide bonds. The van der Waals surface area contributed by atoms with Crippen molar-refractivity contribution in [1.82, 2.24) is 19.5 Å². The second-order valence-electron chi connectivity index (χ2n) is 6.93. The molecule has 0 radical (unpaired) electrons. The van der Waals surface area contributed by atoms with Crippen LogP contribution in [0, 0.1) is 6.92 Å². The minimum atomic E-state index is -3.52. The zero-order chi connectivity index (χ0) is 17.4. The number of aromatic nitrogens is 1. The normalized spacial score (nSPS) is 23.3. The van der Waals surface area contributed by atoms with Crippen molar-refractivity contribution in [3.63, 3.8) is 0 Å². The van der Waals surface area contributed by atoms with Crippen LogP contribution >= 0.6 is 0 Å². The number of piperazine rings is 1. The Hall–Kier alpha value is -1.54. The molecule has 25 heavy (non-hydrogen) atoms. The van der Waals surface area contributed by atoms with E-state index in [-0.39, 0.29) is 0 Å². The molecule has 2 aliphatic heterocycles. The molecule has 0 aliphatic carbocycles. The third-order valence-corrected chi connectivity index (χ3v) is 7.18. The van der Waals surface area contributed by atoms with Gasteiger partial charge in [-0.2, -0.15) is 4.31 Å². The van der Waals surface area contributed by atoms with Crippen LogP contribution in [0.4, 0.5) is 0 Å². The van der Waals surface area contributed by atoms with E-state index in [4.69, 9.17) is 0 Å². The maximum Gasteiger partial charge on any atom is 0.245 e. The van der Waals surface area contributed by atoms with Crippen LogP contribution in [0.15, 0.2) is 35.4 Å². The van der Waals surface area contributed by atoms with Gasteiger partial charge in [-0.05, 0) is 37.6 Å². The van der Waals surface area contributed by atoms with Gasteiger partial charge in [-0.3, -0.25) is 9.88 Å². The molecule has 1 aromatic heterocycles. The molecule has 2 fully saturated rings. The fourth-order valence-electron chi connectivity index (χ4n) is 3.85. The fourth-order valence-corrected chi connectivity index (χ4v) is 5.44. The van der Waals surface area contributed by atoms with E-state index in [1.807, 2.05) is 19.1 Å². The summed E-state index contributed by atoms with van der Waals surface area (Å²) in [4.78, 5) is 7.13. The number of hydrogen-bond donors (Lipinski definition) is 1. The van der Waals surface area contributed by atoms with Crippen LogP contribution < -0.4 is 5.32 Å². The van der Waals surface area contributed by atoms with E-state index >= 15 is 0 Å². The molecule has 1 atom stereocenters. The average molecular weight is 360 g/mol. The number of nitrogens with zero attached hydrogens (tertiary/aromatic N) is 3. The Morgan fingerprint density at radius 3 is 2.72 bits per heavy atom. The first-order valence-corrected chi connectivity index (χ1v) is 10.3. The molecule has 1 aromatic carbocycles. The maximum atomic E-state index is 13.2. The van der Waals surface area contributed by atoms with E-state index in [1.54, 1.807) is 22.6 Å². The van der Waals surface area contributed by atoms with Gasteiger partial charge in [0.15, 0.2) is 0 Å². The Bertz CT molecular complexity index is 870. The minimum Gasteiger partial charge on any atom is -0.315 e. The van der Waals surface area contributed by atoms with Crippen LogP contribution in [0.2, 0.25) is 0 Å². The summed E-state index contributed by atoms with van der Waals surface area (Å²) in [5.74, 6) is 0. The minimum absolute atomic E-state index is 0.320. The molecule has 1 unspecified atom stereocenters. The summed E-state index contributed by atoms with van der Waals surface area (Å²) in [7, 11) is -3.52. The van der Waals surface area contributed by atoms with E-state index < -0.39 is 10.0 Å². The fraction of sp³-hybridized carbons (Fsp3) is 0.500. The Kier molecular flexibility index (Phi) is 4.49. The van der Waals surface area contributed by atoms with Gasteiger partial charge >= 0.3 is 0 Å². The standard InChI is InChI=1S/C18H24N4O2S/c1-14-11-15-3-2-4-17(18(15)20-12-14)25(23,24)22-9-7-21(8-10-22)16-5-6-19-13-16/h2-4,11-12,16,19H,5-10,13H2,1H3. The van der Waals surface area contributed by atoms with Crippen LogP contribution in [0.25, 0.3) is 10.9 Å². The monoisotopic (exact) mass is 360 g/mol. The topological polar surface area (TPSA) is 65.5 Å². The van der Waals surface area contributed by atoms with Crippen molar-refractivity contribution in [3.05, 3.63) is 36.0 Å². The molecule has 0 bridgehead atoms. The third-order valence-electron chi connectivity index (χ3n) is 5.25. The lowest BCUT2D eigenvalue weighted by atomic mass is 10.2. The van der Waals surface area contributed by atoms with E-state index in [1.165, 1.54) is 0 Å². The zero-order valence-electron chi connectivity index (χ0n) is 14.5. The van der Waals surface area contributed by atoms with Gasteiger partial charge in [0, 0.05) is 50.3 Å². The molecule has 1 N–H and O–H groups in total. The molecule has 2 aromatic rings. The molecule has 0 spiro atoms. The largest absolute Gasteiger partial charge is 0.315 e. The van der Waals surface area contributed by atoms with Crippen molar-refractivity contribution in [1.29, 1.82) is 0 Å². The Labute approximate surface area is 148 Å². The lowest BCUT2D eigenvalue weighted by Gasteiger charge is -2.37. The Balaban J connectivity index is 1.58. The second-order valence-corrected chi connectivity index (χ2v) is 8.83. The first-order chi connectivity index (χ1) is 12.1. The van der Waals surface area contributed by atoms with Gasteiger partial charge in [0.1, 0.15) is 4.90 Å². The highest BCUT2D eigenvalue weighted by atomic mass is 32.2. The van der Waals surface area contributed by atoms with E-state index in [2.05, 4.69) is 15.2 Å². The summed E-state index contributed by atoms with van der Waals surface area (Å²) in [6.07, 6.45) is 2.88. The number of sulfonamides is 1. The second kappa shape index (κ2) is 6.64. The van der Waals surface area contributed by atoms with Gasteiger partial charge in [0.2, 0.25) is 10.0 Å². The number of aryl methyl sites for hydroxylation is 1. The van der Waals surface area contributed by atoms with Crippen molar-refractivity contribution in [3.8, 4) is 0 Å². The third kappa shape index (κ3) is 3.17. The molecule has 2 aliphatic rings. The van der Waals surface area contributed by atoms with E-state index in [9.17, 15) is 8.42 Å². The molecule has 4 rings (SSSR count). The Morgan fingerprint density at radius 1 is 1.20 bits per heavy atom. The van der Waals surface area contributed by atoms with Gasteiger partial charge in [-0.25, -0.2) is 8.42 Å². The highest BCUT2D eigenvalue weighted by Crippen LogP contribution is 2.26. The van der Waals surface area contributed by atoms with E-state index in [0.717, 1.165) is 43.5 Å². The molecular formula is C18H24N4O2S. The Morgan fingerprint density at radius 2 is 2.00 bits per heavy atom. The SMILES string of the molecule is Cc1cnc2c(S(=O)(=O)N3CCN(C4CCNC4)CC3)cccc2c1. The van der Waals surface area contributed by atoms with Crippen molar-refractivity contribution in [2.75, 3.05) is 39.3 Å². The van der Waals surface area contributed by atoms with Crippen LogP contribution in [-0.2, 0) is 10.0 Å². The summed E-state index contributed by atoms with van der Waals surface area (Å²) in [6.45, 7) is 6.71. The van der Waals surface area contributed by atoms with Crippen molar-refractivity contribution >= 4 is 20.9 Å². The van der Waals surface area contributed by atoms with Crippen LogP contribution in [0.3, 0.4) is 0 Å². The first kappa shape index (κ1) is 16.9. The summed E-state index contributed by atoms with van der Waals surface area (Å²) in [5, 5.41) is 4.25. The molecule has 3 heterocycles. The molecule has 6 nitrogen and oxygen atoms in total. The lowest BCUT2D eigenvalue weighted by molar-refractivity contribution is 0.145. The summed E-state index contributed by atoms with van der Waals surface area (Å²) < 4.78 is 28.0. The first-order valence-electron chi connectivity index (χ1n) is 8.86. The molecule has 0 saturated carbocycles. The van der Waals surface area contributed by atoms with Crippen LogP contribution in [0.5, 0.6) is 0 Å². The van der Waals surface area contributed by atoms with Gasteiger partial charge < -0.3 is 5.32 Å². The average Bonchev–Trinajstić information content (AvgIpc) is 3.15. The van der Waals surface area contributed by atoms with Crippen LogP contribution in [-0.4, -0.2) is 67.9 Å². The molecule has 2 saturated heterocycles. The predicted octanol–water partition coefficient (Wildman–Crippen LogP) is 1.21. The van der Waals surface area contributed by atoms with Gasteiger partial charge in [-0.1, -0.05) is 12.1 Å². The number of benzene rings is 1. The van der Waals surface area contributed by atoms with Crippen LogP contribution in [0.1, 0.15) is 12.0 Å². The number of nitrogens with one attached hydrogen (secondary N) is 1. The number of hydrogen-bond acceptors (Lipinski definition) is 5. The summed E-state index contributed by atoms with van der Waals surface area (Å²) >= 11 is 0. The van der Waals surface area contributed by atoms with Gasteiger partial charge in [-0.15, -0.1) is 0 Å². The molecular weight excluding hydrogens is 336 g/mol. The summed E-state index contributed by atoms with van der Waals surface area (Å²) in [5.41, 5.74) is 1.59. The highest BCUT2D eigenvalue weighted by molar-refractivity contribution is 7.89. The van der Waals surface area contributed by atoms with Gasteiger partial charge in [0.25, 0.3) is 0 Å². The van der Waals surface area contributed by atoms with Crippen molar-refractivity contribution in [2.24, 2.45) is 0 Å². The molecule has 7 heteroatoms. The summed E-state index contributed by atoms with van der Waals surface area (Å²) in [6, 6.07) is 7.92. The molecule has 134 valence electrons. The lowest BCUT2D eigenvalue weighted by Crippen LogP contribution is -2.52. The smallest absolute Gasteiger partial charge is 0.245 e. The number of rotatable bonds is 3. The van der Waals surface area contributed by atoms with Crippen molar-refractivity contribution < 1.29 is 8.42 Å². The van der Waals surface area contributed by atoms with Crippen molar-refractivity contribution in [2.45, 2.75) is 24.3 Å². The van der Waals surface area contributed by atoms with E-state index in [0.29, 0.717) is 29.5 Å². The zero-order valence-corrected chi connectivity index (χ0v) is 15.3. The highest BCUT2D eigenvalue weighted by Gasteiger charge is 2.32.